The minimum absolute atomic E-state index is 0. The first-order valence-corrected chi connectivity index (χ1v) is 8.88. The van der Waals surface area contributed by atoms with E-state index in [1.807, 2.05) is 13.1 Å². The van der Waals surface area contributed by atoms with Crippen LogP contribution in [0, 0.1) is 0 Å². The van der Waals surface area contributed by atoms with E-state index in [4.69, 9.17) is 11.6 Å². The molecular formula is C15H26ClIN4S. The van der Waals surface area contributed by atoms with Gasteiger partial charge in [0.1, 0.15) is 0 Å². The van der Waals surface area contributed by atoms with Crippen LogP contribution in [0.15, 0.2) is 17.1 Å². The second kappa shape index (κ2) is 11.5. The fourth-order valence-corrected chi connectivity index (χ4v) is 3.61. The highest BCUT2D eigenvalue weighted by Gasteiger charge is 2.09. The standard InChI is InChI=1S/C15H25ClN4S.HI/c1-17-15(18-8-7-13-5-6-14(16)21-13)19-9-12-20-10-3-2-4-11-20;/h5-6H,2-4,7-12H2,1H3,(H2,17,18,19);1H. The van der Waals surface area contributed by atoms with Crippen molar-refractivity contribution in [3.8, 4) is 0 Å². The molecule has 1 aliphatic heterocycles. The first kappa shape index (κ1) is 20.0. The molecule has 0 radical (unpaired) electrons. The minimum atomic E-state index is 0. The van der Waals surface area contributed by atoms with Crippen LogP contribution in [0.3, 0.4) is 0 Å². The summed E-state index contributed by atoms with van der Waals surface area (Å²) in [6.45, 7) is 5.41. The molecule has 1 aliphatic rings. The average Bonchev–Trinajstić information content (AvgIpc) is 2.92. The van der Waals surface area contributed by atoms with Gasteiger partial charge in [0.15, 0.2) is 5.96 Å². The first-order valence-electron chi connectivity index (χ1n) is 7.69. The van der Waals surface area contributed by atoms with Gasteiger partial charge in [0.25, 0.3) is 0 Å². The zero-order valence-corrected chi connectivity index (χ0v) is 17.0. The molecule has 0 atom stereocenters. The molecule has 1 aromatic heterocycles. The van der Waals surface area contributed by atoms with Crippen LogP contribution in [-0.2, 0) is 6.42 Å². The summed E-state index contributed by atoms with van der Waals surface area (Å²) in [4.78, 5) is 8.09. The molecule has 4 nitrogen and oxygen atoms in total. The van der Waals surface area contributed by atoms with Gasteiger partial charge in [-0.2, -0.15) is 0 Å². The molecule has 0 saturated carbocycles. The topological polar surface area (TPSA) is 39.7 Å². The average molecular weight is 457 g/mol. The maximum Gasteiger partial charge on any atom is 0.191 e. The fourth-order valence-electron chi connectivity index (χ4n) is 2.53. The van der Waals surface area contributed by atoms with E-state index in [0.717, 1.165) is 36.4 Å². The second-order valence-electron chi connectivity index (χ2n) is 5.28. The van der Waals surface area contributed by atoms with Crippen molar-refractivity contribution in [3.63, 3.8) is 0 Å². The molecule has 1 saturated heterocycles. The number of nitrogens with zero attached hydrogens (tertiary/aromatic N) is 2. The van der Waals surface area contributed by atoms with E-state index < -0.39 is 0 Å². The lowest BCUT2D eigenvalue weighted by Gasteiger charge is -2.26. The highest BCUT2D eigenvalue weighted by atomic mass is 127. The van der Waals surface area contributed by atoms with Crippen LogP contribution < -0.4 is 10.6 Å². The molecule has 0 spiro atoms. The molecule has 0 aromatic carbocycles. The molecule has 1 aromatic rings. The smallest absolute Gasteiger partial charge is 0.191 e. The third-order valence-corrected chi connectivity index (χ3v) is 4.98. The number of hydrogen-bond acceptors (Lipinski definition) is 3. The predicted octanol–water partition coefficient (Wildman–Crippen LogP) is 3.21. The lowest BCUT2D eigenvalue weighted by molar-refractivity contribution is 0.232. The molecule has 0 amide bonds. The molecule has 2 N–H and O–H groups in total. The maximum atomic E-state index is 5.93. The number of guanidine groups is 1. The Morgan fingerprint density at radius 2 is 1.95 bits per heavy atom. The Labute approximate surface area is 159 Å². The number of hydrogen-bond donors (Lipinski definition) is 2. The van der Waals surface area contributed by atoms with Crippen LogP contribution >= 0.6 is 46.9 Å². The summed E-state index contributed by atoms with van der Waals surface area (Å²) in [7, 11) is 1.82. The van der Waals surface area contributed by atoms with Gasteiger partial charge in [-0.15, -0.1) is 35.3 Å². The molecule has 1 fully saturated rings. The van der Waals surface area contributed by atoms with Gasteiger partial charge in [0.05, 0.1) is 4.34 Å². The van der Waals surface area contributed by atoms with Crippen LogP contribution in [0.1, 0.15) is 24.1 Å². The van der Waals surface area contributed by atoms with E-state index in [2.05, 4.69) is 26.6 Å². The van der Waals surface area contributed by atoms with E-state index in [-0.39, 0.29) is 24.0 Å². The van der Waals surface area contributed by atoms with Crippen LogP contribution in [0.4, 0.5) is 0 Å². The third kappa shape index (κ3) is 7.48. The molecule has 0 bridgehead atoms. The highest BCUT2D eigenvalue weighted by molar-refractivity contribution is 14.0. The lowest BCUT2D eigenvalue weighted by atomic mass is 10.1. The predicted molar refractivity (Wildman–Crippen MR) is 108 cm³/mol. The number of thiophene rings is 1. The van der Waals surface area contributed by atoms with Crippen molar-refractivity contribution >= 4 is 52.9 Å². The zero-order valence-electron chi connectivity index (χ0n) is 13.1. The molecule has 7 heteroatoms. The van der Waals surface area contributed by atoms with Gasteiger partial charge in [-0.3, -0.25) is 4.99 Å². The Kier molecular flexibility index (Phi) is 10.4. The Balaban J connectivity index is 0.00000242. The first-order chi connectivity index (χ1) is 10.3. The number of piperidine rings is 1. The van der Waals surface area contributed by atoms with Crippen molar-refractivity contribution in [1.29, 1.82) is 0 Å². The van der Waals surface area contributed by atoms with Crippen molar-refractivity contribution in [2.75, 3.05) is 39.8 Å². The molecule has 0 unspecified atom stereocenters. The number of likely N-dealkylation sites (tertiary alicyclic amines) is 1. The highest BCUT2D eigenvalue weighted by Crippen LogP contribution is 2.21. The summed E-state index contributed by atoms with van der Waals surface area (Å²) in [5.74, 6) is 0.884. The van der Waals surface area contributed by atoms with E-state index >= 15 is 0 Å². The lowest BCUT2D eigenvalue weighted by Crippen LogP contribution is -2.43. The Bertz CT molecular complexity index is 447. The summed E-state index contributed by atoms with van der Waals surface area (Å²) in [6, 6.07) is 4.04. The molecular weight excluding hydrogens is 431 g/mol. The van der Waals surface area contributed by atoms with E-state index in [1.165, 1.54) is 37.2 Å². The SMILES string of the molecule is CN=C(NCCc1ccc(Cl)s1)NCCN1CCCCC1.I. The second-order valence-corrected chi connectivity index (χ2v) is 7.08. The Morgan fingerprint density at radius 3 is 2.59 bits per heavy atom. The van der Waals surface area contributed by atoms with Crippen molar-refractivity contribution in [1.82, 2.24) is 15.5 Å². The van der Waals surface area contributed by atoms with Gasteiger partial charge in [-0.25, -0.2) is 0 Å². The largest absolute Gasteiger partial charge is 0.356 e. The minimum Gasteiger partial charge on any atom is -0.356 e. The number of rotatable bonds is 6. The van der Waals surface area contributed by atoms with Crippen molar-refractivity contribution in [2.24, 2.45) is 4.99 Å². The van der Waals surface area contributed by atoms with Gasteiger partial charge < -0.3 is 15.5 Å². The maximum absolute atomic E-state index is 5.93. The van der Waals surface area contributed by atoms with Crippen molar-refractivity contribution < 1.29 is 0 Å². The molecule has 126 valence electrons. The van der Waals surface area contributed by atoms with Crippen LogP contribution in [0.25, 0.3) is 0 Å². The molecule has 0 aliphatic carbocycles. The van der Waals surface area contributed by atoms with Gasteiger partial charge >= 0.3 is 0 Å². The third-order valence-electron chi connectivity index (χ3n) is 3.69. The number of aliphatic imine (C=N–C) groups is 1. The van der Waals surface area contributed by atoms with Gasteiger partial charge in [-0.1, -0.05) is 18.0 Å². The van der Waals surface area contributed by atoms with Crippen molar-refractivity contribution in [3.05, 3.63) is 21.3 Å². The summed E-state index contributed by atoms with van der Waals surface area (Å²) in [6.07, 6.45) is 5.05. The Morgan fingerprint density at radius 1 is 1.23 bits per heavy atom. The quantitative estimate of drug-likeness (QED) is 0.392. The van der Waals surface area contributed by atoms with Crippen LogP contribution in [-0.4, -0.2) is 50.6 Å². The number of halogens is 2. The van der Waals surface area contributed by atoms with E-state index in [9.17, 15) is 0 Å². The summed E-state index contributed by atoms with van der Waals surface area (Å²) >= 11 is 7.57. The van der Waals surface area contributed by atoms with E-state index in [0.29, 0.717) is 0 Å². The van der Waals surface area contributed by atoms with Gasteiger partial charge in [0.2, 0.25) is 0 Å². The van der Waals surface area contributed by atoms with Gasteiger partial charge in [-0.05, 0) is 44.5 Å². The molecule has 2 heterocycles. The summed E-state index contributed by atoms with van der Waals surface area (Å²) in [5, 5.41) is 6.73. The molecule has 22 heavy (non-hydrogen) atoms. The summed E-state index contributed by atoms with van der Waals surface area (Å²) in [5.41, 5.74) is 0. The summed E-state index contributed by atoms with van der Waals surface area (Å²) < 4.78 is 0.856. The zero-order chi connectivity index (χ0) is 14.9. The van der Waals surface area contributed by atoms with Crippen LogP contribution in [0.5, 0.6) is 0 Å². The molecule has 2 rings (SSSR count). The fraction of sp³-hybridized carbons (Fsp3) is 0.667. The van der Waals surface area contributed by atoms with Crippen molar-refractivity contribution in [2.45, 2.75) is 25.7 Å². The number of nitrogens with one attached hydrogen (secondary N) is 2. The van der Waals surface area contributed by atoms with Gasteiger partial charge in [0, 0.05) is 31.6 Å². The normalized spacial score (nSPS) is 16.2. The van der Waals surface area contributed by atoms with Crippen LogP contribution in [0.2, 0.25) is 4.34 Å². The Hall–Kier alpha value is -0.0500. The van der Waals surface area contributed by atoms with E-state index in [1.54, 1.807) is 11.3 Å². The monoisotopic (exact) mass is 456 g/mol.